The topological polar surface area (TPSA) is 96.0 Å². The van der Waals surface area contributed by atoms with Crippen molar-refractivity contribution in [2.45, 2.75) is 27.2 Å². The van der Waals surface area contributed by atoms with Crippen molar-refractivity contribution < 1.29 is 9.59 Å². The third-order valence-corrected chi connectivity index (χ3v) is 4.32. The number of hydrogen-bond acceptors (Lipinski definition) is 5. The Morgan fingerprint density at radius 2 is 1.69 bits per heavy atom. The highest BCUT2D eigenvalue weighted by atomic mass is 16.2. The number of aromatic nitrogens is 2. The SMILES string of the molecule is CCc1cccc(C)c1Nc1cnc(C(=O)Nc2cccc(NC(C)=O)c2)cn1. The van der Waals surface area contributed by atoms with Crippen LogP contribution in [0.4, 0.5) is 22.9 Å². The minimum atomic E-state index is -0.380. The largest absolute Gasteiger partial charge is 0.339 e. The summed E-state index contributed by atoms with van der Waals surface area (Å²) >= 11 is 0. The fourth-order valence-corrected chi connectivity index (χ4v) is 2.91. The van der Waals surface area contributed by atoms with Gasteiger partial charge in [0.15, 0.2) is 0 Å². The van der Waals surface area contributed by atoms with Gasteiger partial charge in [-0.3, -0.25) is 9.59 Å². The van der Waals surface area contributed by atoms with Crippen molar-refractivity contribution in [2.75, 3.05) is 16.0 Å². The van der Waals surface area contributed by atoms with Crippen molar-refractivity contribution in [3.05, 3.63) is 71.7 Å². The number of nitrogens with zero attached hydrogens (tertiary/aromatic N) is 2. The highest BCUT2D eigenvalue weighted by Crippen LogP contribution is 2.24. The van der Waals surface area contributed by atoms with E-state index in [4.69, 9.17) is 0 Å². The monoisotopic (exact) mass is 389 g/mol. The van der Waals surface area contributed by atoms with Gasteiger partial charge in [0.05, 0.1) is 12.4 Å². The van der Waals surface area contributed by atoms with E-state index in [0.29, 0.717) is 17.2 Å². The highest BCUT2D eigenvalue weighted by molar-refractivity contribution is 6.03. The molecule has 0 aliphatic heterocycles. The standard InChI is InChI=1S/C22H23N5O2/c1-4-16-8-5-7-14(2)21(16)27-20-13-23-19(12-24-20)22(29)26-18-10-6-9-17(11-18)25-15(3)28/h5-13H,4H2,1-3H3,(H,24,27)(H,25,28)(H,26,29). The number of aryl methyl sites for hydroxylation is 2. The summed E-state index contributed by atoms with van der Waals surface area (Å²) in [7, 11) is 0. The summed E-state index contributed by atoms with van der Waals surface area (Å²) < 4.78 is 0. The molecule has 0 bridgehead atoms. The number of nitrogens with one attached hydrogen (secondary N) is 3. The Kier molecular flexibility index (Phi) is 6.19. The first-order chi connectivity index (χ1) is 14.0. The molecule has 0 saturated heterocycles. The molecule has 7 nitrogen and oxygen atoms in total. The van der Waals surface area contributed by atoms with Crippen LogP contribution in [0, 0.1) is 6.92 Å². The predicted molar refractivity (Wildman–Crippen MR) is 115 cm³/mol. The Hall–Kier alpha value is -3.74. The average Bonchev–Trinajstić information content (AvgIpc) is 2.69. The highest BCUT2D eigenvalue weighted by Gasteiger charge is 2.11. The summed E-state index contributed by atoms with van der Waals surface area (Å²) in [5.41, 5.74) is 4.67. The number of anilines is 4. The minimum Gasteiger partial charge on any atom is -0.339 e. The Labute approximate surface area is 169 Å². The number of rotatable bonds is 6. The summed E-state index contributed by atoms with van der Waals surface area (Å²) in [6.07, 6.45) is 3.86. The van der Waals surface area contributed by atoms with Crippen molar-refractivity contribution in [1.82, 2.24) is 9.97 Å². The molecule has 0 spiro atoms. The molecule has 0 atom stereocenters. The van der Waals surface area contributed by atoms with Gasteiger partial charge in [-0.05, 0) is 42.7 Å². The van der Waals surface area contributed by atoms with Crippen LogP contribution in [0.2, 0.25) is 0 Å². The molecule has 29 heavy (non-hydrogen) atoms. The van der Waals surface area contributed by atoms with Crippen LogP contribution in [0.5, 0.6) is 0 Å². The quantitative estimate of drug-likeness (QED) is 0.584. The van der Waals surface area contributed by atoms with Crippen LogP contribution in [-0.2, 0) is 11.2 Å². The first kappa shape index (κ1) is 20.0. The van der Waals surface area contributed by atoms with Crippen LogP contribution in [0.15, 0.2) is 54.9 Å². The first-order valence-corrected chi connectivity index (χ1v) is 9.33. The van der Waals surface area contributed by atoms with Crippen LogP contribution in [0.1, 0.15) is 35.5 Å². The molecule has 0 unspecified atom stereocenters. The van der Waals surface area contributed by atoms with Gasteiger partial charge in [0.25, 0.3) is 5.91 Å². The molecule has 3 rings (SSSR count). The summed E-state index contributed by atoms with van der Waals surface area (Å²) in [4.78, 5) is 32.2. The second kappa shape index (κ2) is 8.97. The molecule has 0 aliphatic rings. The molecule has 2 amide bonds. The zero-order valence-corrected chi connectivity index (χ0v) is 16.6. The number of carbonyl (C=O) groups is 2. The lowest BCUT2D eigenvalue weighted by Crippen LogP contribution is -2.15. The van der Waals surface area contributed by atoms with Gasteiger partial charge in [-0.1, -0.05) is 31.2 Å². The van der Waals surface area contributed by atoms with E-state index in [-0.39, 0.29) is 17.5 Å². The number of benzene rings is 2. The van der Waals surface area contributed by atoms with E-state index in [9.17, 15) is 9.59 Å². The van der Waals surface area contributed by atoms with Gasteiger partial charge in [-0.25, -0.2) is 9.97 Å². The van der Waals surface area contributed by atoms with E-state index in [1.165, 1.54) is 24.9 Å². The lowest BCUT2D eigenvalue weighted by molar-refractivity contribution is -0.114. The van der Waals surface area contributed by atoms with Crippen LogP contribution in [0.25, 0.3) is 0 Å². The molecular formula is C22H23N5O2. The fraction of sp³-hybridized carbons (Fsp3) is 0.182. The Bertz CT molecular complexity index is 1030. The van der Waals surface area contributed by atoms with Gasteiger partial charge in [-0.15, -0.1) is 0 Å². The molecule has 3 N–H and O–H groups in total. The minimum absolute atomic E-state index is 0.178. The van der Waals surface area contributed by atoms with Crippen molar-refractivity contribution in [2.24, 2.45) is 0 Å². The van der Waals surface area contributed by atoms with Crippen molar-refractivity contribution >= 4 is 34.7 Å². The molecular weight excluding hydrogens is 366 g/mol. The van der Waals surface area contributed by atoms with Crippen LogP contribution in [-0.4, -0.2) is 21.8 Å². The molecule has 1 aromatic heterocycles. The molecule has 3 aromatic rings. The van der Waals surface area contributed by atoms with E-state index in [2.05, 4.69) is 38.9 Å². The van der Waals surface area contributed by atoms with Gasteiger partial charge in [0.2, 0.25) is 5.91 Å². The van der Waals surface area contributed by atoms with Gasteiger partial charge < -0.3 is 16.0 Å². The van der Waals surface area contributed by atoms with Gasteiger partial charge >= 0.3 is 0 Å². The molecule has 2 aromatic carbocycles. The number of amides is 2. The second-order valence-electron chi connectivity index (χ2n) is 6.59. The lowest BCUT2D eigenvalue weighted by Gasteiger charge is -2.13. The Morgan fingerprint density at radius 1 is 0.966 bits per heavy atom. The number of hydrogen-bond donors (Lipinski definition) is 3. The first-order valence-electron chi connectivity index (χ1n) is 9.33. The molecule has 1 heterocycles. The molecule has 0 aliphatic carbocycles. The molecule has 0 fully saturated rings. The van der Waals surface area contributed by atoms with E-state index in [1.54, 1.807) is 24.3 Å². The molecule has 7 heteroatoms. The second-order valence-corrected chi connectivity index (χ2v) is 6.59. The maximum Gasteiger partial charge on any atom is 0.275 e. The smallest absolute Gasteiger partial charge is 0.275 e. The Morgan fingerprint density at radius 3 is 2.34 bits per heavy atom. The third-order valence-electron chi connectivity index (χ3n) is 4.32. The third kappa shape index (κ3) is 5.16. The van der Waals surface area contributed by atoms with E-state index >= 15 is 0 Å². The maximum absolute atomic E-state index is 12.5. The summed E-state index contributed by atoms with van der Waals surface area (Å²) in [5, 5.41) is 8.72. The maximum atomic E-state index is 12.5. The molecule has 0 saturated carbocycles. The van der Waals surface area contributed by atoms with Crippen molar-refractivity contribution in [1.29, 1.82) is 0 Å². The molecule has 0 radical (unpaired) electrons. The van der Waals surface area contributed by atoms with Crippen LogP contribution >= 0.6 is 0 Å². The summed E-state index contributed by atoms with van der Waals surface area (Å²) in [6, 6.07) is 13.0. The average molecular weight is 389 g/mol. The zero-order chi connectivity index (χ0) is 20.8. The van der Waals surface area contributed by atoms with Gasteiger partial charge in [-0.2, -0.15) is 0 Å². The zero-order valence-electron chi connectivity index (χ0n) is 16.6. The molecule has 148 valence electrons. The van der Waals surface area contributed by atoms with E-state index in [1.807, 2.05) is 19.1 Å². The van der Waals surface area contributed by atoms with Crippen molar-refractivity contribution in [3.63, 3.8) is 0 Å². The predicted octanol–water partition coefficient (Wildman–Crippen LogP) is 4.30. The van der Waals surface area contributed by atoms with E-state index in [0.717, 1.165) is 17.7 Å². The Balaban J connectivity index is 1.70. The van der Waals surface area contributed by atoms with Crippen molar-refractivity contribution in [3.8, 4) is 0 Å². The number of carbonyl (C=O) groups excluding carboxylic acids is 2. The van der Waals surface area contributed by atoms with Gasteiger partial charge in [0, 0.05) is 24.0 Å². The van der Waals surface area contributed by atoms with E-state index < -0.39 is 0 Å². The fourth-order valence-electron chi connectivity index (χ4n) is 2.91. The van der Waals surface area contributed by atoms with Crippen LogP contribution < -0.4 is 16.0 Å². The summed E-state index contributed by atoms with van der Waals surface area (Å²) in [6.45, 7) is 5.56. The van der Waals surface area contributed by atoms with Crippen LogP contribution in [0.3, 0.4) is 0 Å². The van der Waals surface area contributed by atoms with Gasteiger partial charge in [0.1, 0.15) is 11.5 Å². The normalized spacial score (nSPS) is 10.3. The summed E-state index contributed by atoms with van der Waals surface area (Å²) in [5.74, 6) is 0.00897. The lowest BCUT2D eigenvalue weighted by atomic mass is 10.1. The number of para-hydroxylation sites is 1.